The summed E-state index contributed by atoms with van der Waals surface area (Å²) in [5.74, 6) is -0.624. The number of hydrogen-bond acceptors (Lipinski definition) is 5. The van der Waals surface area contributed by atoms with Crippen LogP contribution in [0.1, 0.15) is 16.1 Å². The first kappa shape index (κ1) is 18.9. The molecular weight excluding hydrogens is 391 g/mol. The third-order valence-electron chi connectivity index (χ3n) is 3.53. The van der Waals surface area contributed by atoms with E-state index >= 15 is 0 Å². The number of nitrogens with zero attached hydrogens (tertiary/aromatic N) is 1. The SMILES string of the molecule is O=C(CNC(=O)c1ccc(Cl)c(Cl)c1)OCc1coc(-c2ccccc2)n1. The Balaban J connectivity index is 1.48. The molecule has 0 atom stereocenters. The maximum atomic E-state index is 12.0. The molecular formula is C19H14Cl2N2O4. The monoisotopic (exact) mass is 404 g/mol. The molecule has 0 aliphatic rings. The van der Waals surface area contributed by atoms with Crippen LogP contribution in [0.5, 0.6) is 0 Å². The number of oxazole rings is 1. The fourth-order valence-electron chi connectivity index (χ4n) is 2.18. The number of nitrogens with one attached hydrogen (secondary N) is 1. The third-order valence-corrected chi connectivity index (χ3v) is 4.27. The van der Waals surface area contributed by atoms with Crippen LogP contribution in [-0.4, -0.2) is 23.4 Å². The molecule has 27 heavy (non-hydrogen) atoms. The number of halogens is 2. The van der Waals surface area contributed by atoms with Gasteiger partial charge in [-0.1, -0.05) is 41.4 Å². The Bertz CT molecular complexity index is 957. The average Bonchev–Trinajstić information content (AvgIpc) is 3.16. The Kier molecular flexibility index (Phi) is 6.11. The summed E-state index contributed by atoms with van der Waals surface area (Å²) in [5, 5.41) is 3.05. The van der Waals surface area contributed by atoms with Crippen molar-refractivity contribution in [2.45, 2.75) is 6.61 Å². The lowest BCUT2D eigenvalue weighted by Crippen LogP contribution is -2.30. The van der Waals surface area contributed by atoms with Crippen LogP contribution in [-0.2, 0) is 16.1 Å². The molecule has 2 aromatic carbocycles. The van der Waals surface area contributed by atoms with Crippen LogP contribution in [0.25, 0.3) is 11.5 Å². The number of amides is 1. The van der Waals surface area contributed by atoms with Crippen molar-refractivity contribution >= 4 is 35.1 Å². The number of rotatable bonds is 6. The normalized spacial score (nSPS) is 10.4. The molecule has 0 spiro atoms. The number of benzene rings is 2. The van der Waals surface area contributed by atoms with Gasteiger partial charge in [-0.15, -0.1) is 0 Å². The summed E-state index contributed by atoms with van der Waals surface area (Å²) >= 11 is 11.7. The fraction of sp³-hybridized carbons (Fsp3) is 0.105. The quantitative estimate of drug-likeness (QED) is 0.624. The van der Waals surface area contributed by atoms with Gasteiger partial charge in [-0.05, 0) is 30.3 Å². The van der Waals surface area contributed by atoms with E-state index in [9.17, 15) is 9.59 Å². The predicted octanol–water partition coefficient (Wildman–Crippen LogP) is 4.12. The van der Waals surface area contributed by atoms with Gasteiger partial charge in [0.1, 0.15) is 25.1 Å². The first-order valence-corrected chi connectivity index (χ1v) is 8.67. The van der Waals surface area contributed by atoms with E-state index in [1.54, 1.807) is 0 Å². The number of esters is 1. The average molecular weight is 405 g/mol. The Hall–Kier alpha value is -2.83. The Morgan fingerprint density at radius 2 is 1.85 bits per heavy atom. The van der Waals surface area contributed by atoms with E-state index < -0.39 is 11.9 Å². The zero-order valence-electron chi connectivity index (χ0n) is 13.9. The van der Waals surface area contributed by atoms with Crippen LogP contribution in [0, 0.1) is 0 Å². The molecule has 0 radical (unpaired) electrons. The molecule has 1 heterocycles. The summed E-state index contributed by atoms with van der Waals surface area (Å²) in [6.07, 6.45) is 1.42. The summed E-state index contributed by atoms with van der Waals surface area (Å²) in [6.45, 7) is -0.347. The fourth-order valence-corrected chi connectivity index (χ4v) is 2.48. The highest BCUT2D eigenvalue weighted by molar-refractivity contribution is 6.42. The van der Waals surface area contributed by atoms with Crippen LogP contribution < -0.4 is 5.32 Å². The lowest BCUT2D eigenvalue weighted by molar-refractivity contribution is -0.143. The number of hydrogen-bond donors (Lipinski definition) is 1. The van der Waals surface area contributed by atoms with Crippen molar-refractivity contribution in [3.63, 3.8) is 0 Å². The predicted molar refractivity (Wildman–Crippen MR) is 101 cm³/mol. The third kappa shape index (κ3) is 5.09. The molecule has 3 rings (SSSR count). The van der Waals surface area contributed by atoms with E-state index in [1.165, 1.54) is 24.5 Å². The van der Waals surface area contributed by atoms with Crippen LogP contribution in [0.3, 0.4) is 0 Å². The molecule has 0 aliphatic carbocycles. The molecule has 0 saturated heterocycles. The molecule has 8 heteroatoms. The van der Waals surface area contributed by atoms with Crippen molar-refractivity contribution in [1.29, 1.82) is 0 Å². The van der Waals surface area contributed by atoms with Gasteiger partial charge < -0.3 is 14.5 Å². The Labute approximate surface area is 165 Å². The highest BCUT2D eigenvalue weighted by atomic mass is 35.5. The molecule has 1 aromatic heterocycles. The van der Waals surface area contributed by atoms with E-state index in [1.807, 2.05) is 30.3 Å². The minimum absolute atomic E-state index is 0.0577. The molecule has 0 saturated carbocycles. The minimum Gasteiger partial charge on any atom is -0.458 e. The maximum Gasteiger partial charge on any atom is 0.325 e. The molecule has 0 bridgehead atoms. The van der Waals surface area contributed by atoms with Crippen molar-refractivity contribution in [3.05, 3.63) is 76.1 Å². The van der Waals surface area contributed by atoms with E-state index in [4.69, 9.17) is 32.4 Å². The summed E-state index contributed by atoms with van der Waals surface area (Å²) in [6, 6.07) is 13.8. The number of carbonyl (C=O) groups is 2. The molecule has 0 aliphatic heterocycles. The van der Waals surface area contributed by atoms with Gasteiger partial charge in [0.25, 0.3) is 5.91 Å². The molecule has 6 nitrogen and oxygen atoms in total. The van der Waals surface area contributed by atoms with Gasteiger partial charge >= 0.3 is 5.97 Å². The summed E-state index contributed by atoms with van der Waals surface area (Å²) < 4.78 is 10.4. The van der Waals surface area contributed by atoms with E-state index in [-0.39, 0.29) is 18.2 Å². The second-order valence-corrected chi connectivity index (χ2v) is 6.30. The van der Waals surface area contributed by atoms with Crippen molar-refractivity contribution < 1.29 is 18.7 Å². The first-order valence-electron chi connectivity index (χ1n) is 7.91. The van der Waals surface area contributed by atoms with Gasteiger partial charge in [0, 0.05) is 11.1 Å². The van der Waals surface area contributed by atoms with Gasteiger partial charge in [0.05, 0.1) is 10.0 Å². The van der Waals surface area contributed by atoms with Crippen LogP contribution in [0.4, 0.5) is 0 Å². The molecule has 0 unspecified atom stereocenters. The standard InChI is InChI=1S/C19H14Cl2N2O4/c20-15-7-6-13(8-16(15)21)18(25)22-9-17(24)26-10-14-11-27-19(23-14)12-4-2-1-3-5-12/h1-8,11H,9-10H2,(H,22,25). The topological polar surface area (TPSA) is 81.4 Å². The lowest BCUT2D eigenvalue weighted by Gasteiger charge is -2.06. The number of aromatic nitrogens is 1. The number of carbonyl (C=O) groups excluding carboxylic acids is 2. The second-order valence-electron chi connectivity index (χ2n) is 5.48. The number of ether oxygens (including phenoxy) is 1. The highest BCUT2D eigenvalue weighted by Gasteiger charge is 2.12. The first-order chi connectivity index (χ1) is 13.0. The zero-order chi connectivity index (χ0) is 19.2. The smallest absolute Gasteiger partial charge is 0.325 e. The lowest BCUT2D eigenvalue weighted by atomic mass is 10.2. The molecule has 0 fully saturated rings. The van der Waals surface area contributed by atoms with Gasteiger partial charge in [0.2, 0.25) is 5.89 Å². The van der Waals surface area contributed by atoms with Crippen LogP contribution >= 0.6 is 23.2 Å². The molecule has 3 aromatic rings. The zero-order valence-corrected chi connectivity index (χ0v) is 15.5. The van der Waals surface area contributed by atoms with Crippen molar-refractivity contribution in [1.82, 2.24) is 10.3 Å². The van der Waals surface area contributed by atoms with Crippen molar-refractivity contribution in [2.24, 2.45) is 0 Å². The van der Waals surface area contributed by atoms with Crippen LogP contribution in [0.15, 0.2) is 59.2 Å². The van der Waals surface area contributed by atoms with Gasteiger partial charge in [0.15, 0.2) is 0 Å². The van der Waals surface area contributed by atoms with E-state index in [2.05, 4.69) is 10.3 Å². The molecule has 138 valence electrons. The summed E-state index contributed by atoms with van der Waals surface area (Å²) in [7, 11) is 0. The Morgan fingerprint density at radius 1 is 1.07 bits per heavy atom. The van der Waals surface area contributed by atoms with Crippen molar-refractivity contribution in [2.75, 3.05) is 6.54 Å². The minimum atomic E-state index is -0.604. The maximum absolute atomic E-state index is 12.0. The molecule has 1 amide bonds. The van der Waals surface area contributed by atoms with Gasteiger partial charge in [-0.2, -0.15) is 0 Å². The second kappa shape index (κ2) is 8.70. The van der Waals surface area contributed by atoms with E-state index in [0.717, 1.165) is 5.56 Å². The van der Waals surface area contributed by atoms with Gasteiger partial charge in [-0.3, -0.25) is 9.59 Å². The van der Waals surface area contributed by atoms with E-state index in [0.29, 0.717) is 22.2 Å². The Morgan fingerprint density at radius 3 is 2.59 bits per heavy atom. The highest BCUT2D eigenvalue weighted by Crippen LogP contribution is 2.22. The van der Waals surface area contributed by atoms with Crippen molar-refractivity contribution in [3.8, 4) is 11.5 Å². The largest absolute Gasteiger partial charge is 0.458 e. The summed E-state index contributed by atoms with van der Waals surface area (Å²) in [4.78, 5) is 28.1. The molecule has 1 N–H and O–H groups in total. The summed E-state index contributed by atoms with van der Waals surface area (Å²) in [5.41, 5.74) is 1.59. The van der Waals surface area contributed by atoms with Crippen LogP contribution in [0.2, 0.25) is 10.0 Å². The van der Waals surface area contributed by atoms with Gasteiger partial charge in [-0.25, -0.2) is 4.98 Å².